The number of aromatic carboxylic acids is 4. The lowest BCUT2D eigenvalue weighted by Crippen LogP contribution is -2.15. The first-order chi connectivity index (χ1) is 11.1. The summed E-state index contributed by atoms with van der Waals surface area (Å²) in [4.78, 5) is 46.2. The summed E-state index contributed by atoms with van der Waals surface area (Å²) in [7, 11) is 0. The van der Waals surface area contributed by atoms with Crippen molar-refractivity contribution < 1.29 is 39.6 Å². The molecular formula is C16H12O8. The molecule has 2 aromatic rings. The predicted molar refractivity (Wildman–Crippen MR) is 81.3 cm³/mol. The number of rotatable bonds is 4. The predicted octanol–water partition coefficient (Wildman–Crippen LogP) is 2.25. The van der Waals surface area contributed by atoms with Crippen LogP contribution in [0.25, 0.3) is 10.8 Å². The van der Waals surface area contributed by atoms with Gasteiger partial charge in [0.1, 0.15) is 0 Å². The van der Waals surface area contributed by atoms with Crippen LogP contribution in [0.2, 0.25) is 0 Å². The highest BCUT2D eigenvalue weighted by Crippen LogP contribution is 2.35. The van der Waals surface area contributed by atoms with Crippen LogP contribution in [0.5, 0.6) is 0 Å². The first kappa shape index (κ1) is 16.9. The van der Waals surface area contributed by atoms with Crippen LogP contribution in [0.4, 0.5) is 0 Å². The van der Waals surface area contributed by atoms with Gasteiger partial charge in [-0.05, 0) is 37.1 Å². The Morgan fingerprint density at radius 3 is 1.12 bits per heavy atom. The lowest BCUT2D eigenvalue weighted by atomic mass is 9.85. The third-order valence-corrected chi connectivity index (χ3v) is 3.91. The monoisotopic (exact) mass is 332 g/mol. The van der Waals surface area contributed by atoms with Crippen LogP contribution in [-0.4, -0.2) is 44.3 Å². The van der Waals surface area contributed by atoms with Crippen molar-refractivity contribution in [2.45, 2.75) is 13.8 Å². The van der Waals surface area contributed by atoms with Crippen LogP contribution in [-0.2, 0) is 0 Å². The molecule has 8 nitrogen and oxygen atoms in total. The van der Waals surface area contributed by atoms with E-state index in [0.29, 0.717) is 0 Å². The van der Waals surface area contributed by atoms with Gasteiger partial charge in [-0.1, -0.05) is 0 Å². The number of hydrogen-bond donors (Lipinski definition) is 4. The van der Waals surface area contributed by atoms with Gasteiger partial charge in [-0.15, -0.1) is 0 Å². The molecule has 0 radical (unpaired) electrons. The van der Waals surface area contributed by atoms with Gasteiger partial charge in [0.05, 0.1) is 22.3 Å². The van der Waals surface area contributed by atoms with E-state index < -0.39 is 56.9 Å². The summed E-state index contributed by atoms with van der Waals surface area (Å²) >= 11 is 0. The van der Waals surface area contributed by atoms with Gasteiger partial charge in [0.2, 0.25) is 0 Å². The summed E-state index contributed by atoms with van der Waals surface area (Å²) in [6.45, 7) is 2.70. The molecule has 0 aromatic heterocycles. The van der Waals surface area contributed by atoms with E-state index in [2.05, 4.69) is 0 Å². The maximum atomic E-state index is 11.6. The van der Waals surface area contributed by atoms with Crippen molar-refractivity contribution in [2.75, 3.05) is 0 Å². The molecule has 0 amide bonds. The zero-order valence-electron chi connectivity index (χ0n) is 12.6. The Morgan fingerprint density at radius 2 is 0.917 bits per heavy atom. The van der Waals surface area contributed by atoms with Crippen LogP contribution in [0.1, 0.15) is 52.6 Å². The molecule has 0 atom stereocenters. The second-order valence-electron chi connectivity index (χ2n) is 5.13. The second-order valence-corrected chi connectivity index (χ2v) is 5.13. The molecule has 4 N–H and O–H groups in total. The molecule has 0 aliphatic rings. The molecule has 0 fully saturated rings. The fraction of sp³-hybridized carbons (Fsp3) is 0.125. The minimum atomic E-state index is -1.49. The van der Waals surface area contributed by atoms with E-state index in [1.807, 2.05) is 0 Å². The summed E-state index contributed by atoms with van der Waals surface area (Å²) < 4.78 is 0. The minimum absolute atomic E-state index is 0.0671. The number of fused-ring (bicyclic) bond motifs is 1. The highest BCUT2D eigenvalue weighted by molar-refractivity contribution is 6.23. The summed E-state index contributed by atoms with van der Waals surface area (Å²) in [5, 5.41) is 36.8. The van der Waals surface area contributed by atoms with Gasteiger partial charge in [-0.2, -0.15) is 0 Å². The van der Waals surface area contributed by atoms with Crippen molar-refractivity contribution in [2.24, 2.45) is 0 Å². The van der Waals surface area contributed by atoms with E-state index in [1.165, 1.54) is 13.8 Å². The maximum Gasteiger partial charge on any atom is 0.336 e. The van der Waals surface area contributed by atoms with Gasteiger partial charge < -0.3 is 20.4 Å². The molecule has 8 heteroatoms. The Balaban J connectivity index is 3.35. The Labute approximate surface area is 134 Å². The zero-order valence-corrected chi connectivity index (χ0v) is 12.6. The molecule has 0 saturated carbocycles. The average Bonchev–Trinajstić information content (AvgIpc) is 2.46. The summed E-state index contributed by atoms with van der Waals surface area (Å²) in [6.07, 6.45) is 0. The van der Waals surface area contributed by atoms with Crippen molar-refractivity contribution in [3.63, 3.8) is 0 Å². The lowest BCUT2D eigenvalue weighted by molar-refractivity contribution is 0.0674. The second kappa shape index (κ2) is 5.65. The molecule has 0 aliphatic carbocycles. The first-order valence-electron chi connectivity index (χ1n) is 6.62. The van der Waals surface area contributed by atoms with E-state index in [1.54, 1.807) is 0 Å². The SMILES string of the molecule is Cc1c(C)c(C(=O)O)c2c(C(=O)O)ccc(C(=O)O)c2c1C(=O)O. The highest BCUT2D eigenvalue weighted by atomic mass is 16.4. The first-order valence-corrected chi connectivity index (χ1v) is 6.62. The van der Waals surface area contributed by atoms with Crippen LogP contribution in [0.3, 0.4) is 0 Å². The van der Waals surface area contributed by atoms with Gasteiger partial charge in [0.25, 0.3) is 0 Å². The topological polar surface area (TPSA) is 149 Å². The van der Waals surface area contributed by atoms with Crippen molar-refractivity contribution in [1.82, 2.24) is 0 Å². The standard InChI is InChI=1S/C16H12O8/c1-5-6(2)10(16(23)24)12-8(14(19)20)4-3-7(13(17)18)11(12)9(5)15(21)22/h3-4H,1-2H3,(H,17,18)(H,19,20)(H,21,22)(H,23,24). The molecule has 2 aromatic carbocycles. The van der Waals surface area contributed by atoms with Gasteiger partial charge >= 0.3 is 23.9 Å². The molecule has 124 valence electrons. The van der Waals surface area contributed by atoms with Gasteiger partial charge in [-0.3, -0.25) is 0 Å². The highest BCUT2D eigenvalue weighted by Gasteiger charge is 2.29. The van der Waals surface area contributed by atoms with E-state index in [0.717, 1.165) is 12.1 Å². The Morgan fingerprint density at radius 1 is 0.625 bits per heavy atom. The summed E-state index contributed by atoms with van der Waals surface area (Å²) in [6, 6.07) is 1.92. The largest absolute Gasteiger partial charge is 0.478 e. The van der Waals surface area contributed by atoms with E-state index in [-0.39, 0.29) is 11.1 Å². The molecule has 0 aliphatic heterocycles. The fourth-order valence-electron chi connectivity index (χ4n) is 2.76. The normalized spacial score (nSPS) is 10.6. The van der Waals surface area contributed by atoms with Crippen LogP contribution >= 0.6 is 0 Å². The molecule has 0 saturated heterocycles. The van der Waals surface area contributed by atoms with Crippen molar-refractivity contribution in [3.8, 4) is 0 Å². The van der Waals surface area contributed by atoms with E-state index >= 15 is 0 Å². The third-order valence-electron chi connectivity index (χ3n) is 3.91. The van der Waals surface area contributed by atoms with E-state index in [4.69, 9.17) is 0 Å². The molecule has 2 rings (SSSR count). The van der Waals surface area contributed by atoms with Gasteiger partial charge in [-0.25, -0.2) is 19.2 Å². The Hall–Kier alpha value is -3.42. The van der Waals surface area contributed by atoms with Crippen LogP contribution < -0.4 is 0 Å². The van der Waals surface area contributed by atoms with Crippen molar-refractivity contribution >= 4 is 34.6 Å². The molecule has 0 bridgehead atoms. The lowest BCUT2D eigenvalue weighted by Gasteiger charge is -2.17. The molecule has 24 heavy (non-hydrogen) atoms. The van der Waals surface area contributed by atoms with Crippen molar-refractivity contribution in [1.29, 1.82) is 0 Å². The number of carbonyl (C=O) groups is 4. The molecule has 0 spiro atoms. The number of benzene rings is 2. The third kappa shape index (κ3) is 2.34. The quantitative estimate of drug-likeness (QED) is 0.666. The van der Waals surface area contributed by atoms with Crippen LogP contribution in [0.15, 0.2) is 12.1 Å². The van der Waals surface area contributed by atoms with Crippen molar-refractivity contribution in [3.05, 3.63) is 45.5 Å². The smallest absolute Gasteiger partial charge is 0.336 e. The molecule has 0 heterocycles. The molecule has 0 unspecified atom stereocenters. The summed E-state index contributed by atoms with van der Waals surface area (Å²) in [5.74, 6) is -5.91. The Bertz CT molecular complexity index is 863. The van der Waals surface area contributed by atoms with Crippen LogP contribution in [0, 0.1) is 13.8 Å². The number of hydrogen-bond acceptors (Lipinski definition) is 4. The van der Waals surface area contributed by atoms with Gasteiger partial charge in [0, 0.05) is 10.8 Å². The van der Waals surface area contributed by atoms with Gasteiger partial charge in [0.15, 0.2) is 0 Å². The zero-order chi connectivity index (χ0) is 18.3. The number of carboxylic acid groups (broad SMARTS) is 4. The maximum absolute atomic E-state index is 11.6. The fourth-order valence-corrected chi connectivity index (χ4v) is 2.76. The average molecular weight is 332 g/mol. The summed E-state index contributed by atoms with van der Waals surface area (Å²) in [5.41, 5.74) is -1.66. The minimum Gasteiger partial charge on any atom is -0.478 e. The van der Waals surface area contributed by atoms with E-state index in [9.17, 15) is 39.6 Å². The Kier molecular flexibility index (Phi) is 3.99. The number of carboxylic acids is 4. The molecular weight excluding hydrogens is 320 g/mol.